The van der Waals surface area contributed by atoms with E-state index in [1.54, 1.807) is 4.90 Å². The predicted molar refractivity (Wildman–Crippen MR) is 80.0 cm³/mol. The molecule has 1 fully saturated rings. The Hall–Kier alpha value is -1.11. The van der Waals surface area contributed by atoms with Crippen molar-refractivity contribution >= 4 is 25.6 Å². The monoisotopic (exact) mass is 331 g/mol. The number of amides is 1. The lowest BCUT2D eigenvalue weighted by Gasteiger charge is -2.31. The fourth-order valence-corrected chi connectivity index (χ4v) is 3.17. The van der Waals surface area contributed by atoms with Crippen molar-refractivity contribution in [1.82, 2.24) is 4.90 Å². The lowest BCUT2D eigenvalue weighted by Crippen LogP contribution is -2.40. The molecule has 116 valence electrons. The van der Waals surface area contributed by atoms with Crippen molar-refractivity contribution in [2.45, 2.75) is 30.8 Å². The Morgan fingerprint density at radius 1 is 1.29 bits per heavy atom. The minimum Gasteiger partial charge on any atom is -0.378 e. The van der Waals surface area contributed by atoms with Gasteiger partial charge in [0.25, 0.3) is 15.0 Å². The molecule has 0 N–H and O–H groups in total. The molecule has 1 amide bonds. The average Bonchev–Trinajstić information content (AvgIpc) is 2.47. The first kappa shape index (κ1) is 16.3. The van der Waals surface area contributed by atoms with E-state index in [-0.39, 0.29) is 16.9 Å². The Labute approximate surface area is 129 Å². The van der Waals surface area contributed by atoms with Crippen LogP contribution in [-0.2, 0) is 13.8 Å². The first-order valence-corrected chi connectivity index (χ1v) is 9.18. The molecule has 0 atom stereocenters. The lowest BCUT2D eigenvalue weighted by atomic mass is 10.1. The molecule has 0 unspecified atom stereocenters. The molecule has 1 aliphatic heterocycles. The van der Waals surface area contributed by atoms with Crippen LogP contribution in [0.1, 0.15) is 30.1 Å². The Bertz CT molecular complexity index is 592. The van der Waals surface area contributed by atoms with E-state index in [9.17, 15) is 13.2 Å². The molecule has 5 nitrogen and oxygen atoms in total. The maximum Gasteiger partial charge on any atom is 0.261 e. The van der Waals surface area contributed by atoms with Gasteiger partial charge in [-0.3, -0.25) is 4.79 Å². The quantitative estimate of drug-likeness (QED) is 0.794. The van der Waals surface area contributed by atoms with E-state index in [2.05, 4.69) is 0 Å². The van der Waals surface area contributed by atoms with Gasteiger partial charge < -0.3 is 9.64 Å². The van der Waals surface area contributed by atoms with Crippen molar-refractivity contribution in [3.8, 4) is 0 Å². The van der Waals surface area contributed by atoms with Gasteiger partial charge in [0, 0.05) is 35.9 Å². The predicted octanol–water partition coefficient (Wildman–Crippen LogP) is 2.26. The topological polar surface area (TPSA) is 63.7 Å². The smallest absolute Gasteiger partial charge is 0.261 e. The fraction of sp³-hybridized carbons (Fsp3) is 0.500. The molecular weight excluding hydrogens is 314 g/mol. The number of halogens is 1. The number of carbonyl (C=O) groups excluding carboxylic acids is 1. The van der Waals surface area contributed by atoms with Gasteiger partial charge in [-0.15, -0.1) is 0 Å². The van der Waals surface area contributed by atoms with E-state index in [1.807, 2.05) is 6.92 Å². The summed E-state index contributed by atoms with van der Waals surface area (Å²) in [5, 5.41) is 0. The minimum atomic E-state index is -3.75. The van der Waals surface area contributed by atoms with Crippen molar-refractivity contribution in [3.63, 3.8) is 0 Å². The summed E-state index contributed by atoms with van der Waals surface area (Å²) in [6, 6.07) is 5.68. The first-order valence-electron chi connectivity index (χ1n) is 6.87. The number of likely N-dealkylation sites (tertiary alicyclic amines) is 1. The van der Waals surface area contributed by atoms with Crippen LogP contribution < -0.4 is 0 Å². The number of nitrogens with zero attached hydrogens (tertiary/aromatic N) is 1. The molecule has 1 aliphatic rings. The van der Waals surface area contributed by atoms with Gasteiger partial charge in [0.05, 0.1) is 11.0 Å². The van der Waals surface area contributed by atoms with Gasteiger partial charge in [-0.25, -0.2) is 8.42 Å². The number of benzene rings is 1. The molecular formula is C14H18ClNO4S. The highest BCUT2D eigenvalue weighted by atomic mass is 35.7. The van der Waals surface area contributed by atoms with Crippen LogP contribution in [0.5, 0.6) is 0 Å². The summed E-state index contributed by atoms with van der Waals surface area (Å²) in [6.07, 6.45) is 1.88. The fourth-order valence-electron chi connectivity index (χ4n) is 2.40. The molecule has 1 aromatic carbocycles. The zero-order valence-electron chi connectivity index (χ0n) is 11.8. The number of hydrogen-bond acceptors (Lipinski definition) is 4. The van der Waals surface area contributed by atoms with Crippen LogP contribution >= 0.6 is 10.7 Å². The van der Waals surface area contributed by atoms with Crippen molar-refractivity contribution in [3.05, 3.63) is 29.8 Å². The molecule has 0 saturated carbocycles. The van der Waals surface area contributed by atoms with Gasteiger partial charge in [0.2, 0.25) is 0 Å². The number of rotatable bonds is 4. The minimum absolute atomic E-state index is 0.00392. The second-order valence-electron chi connectivity index (χ2n) is 4.91. The first-order chi connectivity index (χ1) is 9.91. The third-order valence-corrected chi connectivity index (χ3v) is 4.88. The molecule has 1 aromatic rings. The molecule has 0 spiro atoms. The maximum atomic E-state index is 12.3. The lowest BCUT2D eigenvalue weighted by molar-refractivity contribution is 0.0146. The van der Waals surface area contributed by atoms with E-state index in [4.69, 9.17) is 15.4 Å². The maximum absolute atomic E-state index is 12.3. The van der Waals surface area contributed by atoms with Gasteiger partial charge in [-0.2, -0.15) is 0 Å². The van der Waals surface area contributed by atoms with Crippen molar-refractivity contribution in [2.24, 2.45) is 0 Å². The zero-order valence-corrected chi connectivity index (χ0v) is 13.4. The van der Waals surface area contributed by atoms with Crippen LogP contribution in [0.3, 0.4) is 0 Å². The van der Waals surface area contributed by atoms with Gasteiger partial charge in [0.1, 0.15) is 0 Å². The molecule has 21 heavy (non-hydrogen) atoms. The van der Waals surface area contributed by atoms with Crippen molar-refractivity contribution < 1.29 is 17.9 Å². The third-order valence-electron chi connectivity index (χ3n) is 3.51. The second kappa shape index (κ2) is 6.77. The summed E-state index contributed by atoms with van der Waals surface area (Å²) in [5.74, 6) is -0.0940. The van der Waals surface area contributed by atoms with Crippen LogP contribution in [0.15, 0.2) is 29.2 Å². The largest absolute Gasteiger partial charge is 0.378 e. The zero-order chi connectivity index (χ0) is 15.5. The van der Waals surface area contributed by atoms with E-state index < -0.39 is 9.05 Å². The van der Waals surface area contributed by atoms with E-state index in [0.717, 1.165) is 12.8 Å². The molecule has 0 radical (unpaired) electrons. The molecule has 0 aliphatic carbocycles. The van der Waals surface area contributed by atoms with Gasteiger partial charge in [0.15, 0.2) is 0 Å². The SMILES string of the molecule is CCOC1CCN(C(=O)c2ccc(S(=O)(=O)Cl)cc2)CC1. The van der Waals surface area contributed by atoms with Crippen LogP contribution in [0.4, 0.5) is 0 Å². The van der Waals surface area contributed by atoms with Crippen LogP contribution in [0, 0.1) is 0 Å². The number of hydrogen-bond donors (Lipinski definition) is 0. The molecule has 1 heterocycles. The second-order valence-corrected chi connectivity index (χ2v) is 7.48. The van der Waals surface area contributed by atoms with Gasteiger partial charge >= 0.3 is 0 Å². The normalized spacial score (nSPS) is 17.0. The van der Waals surface area contributed by atoms with Gasteiger partial charge in [-0.1, -0.05) is 0 Å². The highest BCUT2D eigenvalue weighted by molar-refractivity contribution is 8.13. The summed E-state index contributed by atoms with van der Waals surface area (Å²) in [5.41, 5.74) is 0.467. The molecule has 2 rings (SSSR count). The van der Waals surface area contributed by atoms with E-state index in [1.165, 1.54) is 24.3 Å². The summed E-state index contributed by atoms with van der Waals surface area (Å²) in [6.45, 7) is 3.95. The summed E-state index contributed by atoms with van der Waals surface area (Å²) < 4.78 is 27.9. The van der Waals surface area contributed by atoms with Crippen LogP contribution in [0.2, 0.25) is 0 Å². The highest BCUT2D eigenvalue weighted by Crippen LogP contribution is 2.19. The Kier molecular flexibility index (Phi) is 5.24. The standard InChI is InChI=1S/C14H18ClNO4S/c1-2-20-12-7-9-16(10-8-12)14(17)11-3-5-13(6-4-11)21(15,18)19/h3-6,12H,2,7-10H2,1H3. The van der Waals surface area contributed by atoms with Crippen LogP contribution in [-0.4, -0.2) is 45.0 Å². The summed E-state index contributed by atoms with van der Waals surface area (Å²) in [4.78, 5) is 14.1. The van der Waals surface area contributed by atoms with Crippen LogP contribution in [0.25, 0.3) is 0 Å². The summed E-state index contributed by atoms with van der Waals surface area (Å²) >= 11 is 0. The summed E-state index contributed by atoms with van der Waals surface area (Å²) in [7, 11) is 1.49. The Morgan fingerprint density at radius 3 is 2.33 bits per heavy atom. The number of carbonyl (C=O) groups is 1. The van der Waals surface area contributed by atoms with Gasteiger partial charge in [-0.05, 0) is 44.0 Å². The number of piperidine rings is 1. The highest BCUT2D eigenvalue weighted by Gasteiger charge is 2.24. The number of ether oxygens (including phenoxy) is 1. The molecule has 1 saturated heterocycles. The average molecular weight is 332 g/mol. The molecule has 7 heteroatoms. The molecule has 0 bridgehead atoms. The Balaban J connectivity index is 2.01. The van der Waals surface area contributed by atoms with E-state index >= 15 is 0 Å². The third kappa shape index (κ3) is 4.18. The van der Waals surface area contributed by atoms with Crippen molar-refractivity contribution in [1.29, 1.82) is 0 Å². The molecule has 0 aromatic heterocycles. The van der Waals surface area contributed by atoms with Crippen molar-refractivity contribution in [2.75, 3.05) is 19.7 Å². The van der Waals surface area contributed by atoms with E-state index in [0.29, 0.717) is 25.3 Å². The Morgan fingerprint density at radius 2 is 1.86 bits per heavy atom.